The number of piperidine rings is 1. The molecular formula is C14H29N3O2. The third-order valence-electron chi connectivity index (χ3n) is 3.68. The summed E-state index contributed by atoms with van der Waals surface area (Å²) in [6, 6.07) is 0.569. The molecule has 0 saturated carbocycles. The van der Waals surface area contributed by atoms with Crippen LogP contribution in [0.4, 0.5) is 0 Å². The molecule has 19 heavy (non-hydrogen) atoms. The predicted molar refractivity (Wildman–Crippen MR) is 77.1 cm³/mol. The van der Waals surface area contributed by atoms with Gasteiger partial charge in [-0.1, -0.05) is 0 Å². The smallest absolute Gasteiger partial charge is 0.236 e. The second-order valence-electron chi connectivity index (χ2n) is 5.78. The molecule has 0 radical (unpaired) electrons. The summed E-state index contributed by atoms with van der Waals surface area (Å²) < 4.78 is 0. The van der Waals surface area contributed by atoms with Gasteiger partial charge in [-0.2, -0.15) is 0 Å². The first-order valence-corrected chi connectivity index (χ1v) is 7.33. The van der Waals surface area contributed by atoms with E-state index in [1.807, 2.05) is 6.92 Å². The van der Waals surface area contributed by atoms with Crippen molar-refractivity contribution in [2.75, 3.05) is 40.3 Å². The molecule has 112 valence electrons. The van der Waals surface area contributed by atoms with Gasteiger partial charge in [0.1, 0.15) is 0 Å². The molecule has 1 aliphatic heterocycles. The van der Waals surface area contributed by atoms with E-state index in [0.29, 0.717) is 12.6 Å². The third kappa shape index (κ3) is 6.89. The van der Waals surface area contributed by atoms with Crippen LogP contribution in [0.1, 0.15) is 32.6 Å². The Hall–Kier alpha value is -0.650. The Bertz CT molecular complexity index is 261. The SMILES string of the molecule is CC(O)CCCNC1CCN(CC(=O)N(C)C)CC1. The van der Waals surface area contributed by atoms with E-state index in [0.717, 1.165) is 45.3 Å². The fourth-order valence-corrected chi connectivity index (χ4v) is 2.33. The van der Waals surface area contributed by atoms with Crippen molar-refractivity contribution >= 4 is 5.91 Å². The summed E-state index contributed by atoms with van der Waals surface area (Å²) in [7, 11) is 3.61. The summed E-state index contributed by atoms with van der Waals surface area (Å²) in [5.41, 5.74) is 0. The minimum absolute atomic E-state index is 0.184. The second-order valence-corrected chi connectivity index (χ2v) is 5.78. The molecule has 5 nitrogen and oxygen atoms in total. The maximum atomic E-state index is 11.6. The van der Waals surface area contributed by atoms with E-state index >= 15 is 0 Å². The molecule has 5 heteroatoms. The molecule has 2 N–H and O–H groups in total. The van der Waals surface area contributed by atoms with Gasteiger partial charge < -0.3 is 15.3 Å². The Kier molecular flexibility index (Phi) is 7.34. The average Bonchev–Trinajstić information content (AvgIpc) is 2.36. The summed E-state index contributed by atoms with van der Waals surface area (Å²) in [6.07, 6.45) is 3.91. The molecule has 0 bridgehead atoms. The minimum atomic E-state index is -0.194. The number of rotatable bonds is 7. The standard InChI is InChI=1S/C14H29N3O2/c1-12(18)5-4-8-15-13-6-9-17(10-7-13)11-14(19)16(2)3/h12-13,15,18H,4-11H2,1-3H3. The topological polar surface area (TPSA) is 55.8 Å². The van der Waals surface area contributed by atoms with Crippen molar-refractivity contribution in [1.82, 2.24) is 15.1 Å². The number of amides is 1. The molecule has 0 aromatic carbocycles. The second kappa shape index (κ2) is 8.51. The van der Waals surface area contributed by atoms with Crippen LogP contribution in [-0.4, -0.2) is 73.2 Å². The summed E-state index contributed by atoms with van der Waals surface area (Å²) in [5, 5.41) is 12.7. The van der Waals surface area contributed by atoms with Gasteiger partial charge in [0.15, 0.2) is 0 Å². The number of carbonyl (C=O) groups excluding carboxylic acids is 1. The van der Waals surface area contributed by atoms with E-state index in [9.17, 15) is 9.90 Å². The number of hydrogen-bond donors (Lipinski definition) is 2. The van der Waals surface area contributed by atoms with Gasteiger partial charge in [-0.25, -0.2) is 0 Å². The van der Waals surface area contributed by atoms with E-state index < -0.39 is 0 Å². The Balaban J connectivity index is 2.10. The first-order chi connectivity index (χ1) is 8.99. The monoisotopic (exact) mass is 271 g/mol. The highest BCUT2D eigenvalue weighted by Crippen LogP contribution is 2.10. The van der Waals surface area contributed by atoms with Crippen LogP contribution in [0.3, 0.4) is 0 Å². The molecule has 1 fully saturated rings. The van der Waals surface area contributed by atoms with E-state index in [-0.39, 0.29) is 12.0 Å². The number of carbonyl (C=O) groups is 1. The number of nitrogens with one attached hydrogen (secondary N) is 1. The van der Waals surface area contributed by atoms with Gasteiger partial charge in [0.2, 0.25) is 5.91 Å². The molecule has 1 rings (SSSR count). The van der Waals surface area contributed by atoms with Crippen LogP contribution >= 0.6 is 0 Å². The Morgan fingerprint density at radius 2 is 2.05 bits per heavy atom. The largest absolute Gasteiger partial charge is 0.393 e. The summed E-state index contributed by atoms with van der Waals surface area (Å²) in [5.74, 6) is 0.184. The van der Waals surface area contributed by atoms with Crippen LogP contribution in [0.5, 0.6) is 0 Å². The number of hydrogen-bond acceptors (Lipinski definition) is 4. The lowest BCUT2D eigenvalue weighted by Crippen LogP contribution is -2.46. The average molecular weight is 271 g/mol. The fourth-order valence-electron chi connectivity index (χ4n) is 2.33. The van der Waals surface area contributed by atoms with Gasteiger partial charge in [0.25, 0.3) is 0 Å². The molecule has 1 heterocycles. The maximum absolute atomic E-state index is 11.6. The number of likely N-dealkylation sites (tertiary alicyclic amines) is 1. The van der Waals surface area contributed by atoms with Crippen LogP contribution in [-0.2, 0) is 4.79 Å². The van der Waals surface area contributed by atoms with Gasteiger partial charge in [0.05, 0.1) is 12.6 Å². The number of nitrogens with zero attached hydrogens (tertiary/aromatic N) is 2. The highest BCUT2D eigenvalue weighted by molar-refractivity contribution is 5.77. The highest BCUT2D eigenvalue weighted by atomic mass is 16.3. The fraction of sp³-hybridized carbons (Fsp3) is 0.929. The van der Waals surface area contributed by atoms with Gasteiger partial charge in [-0.3, -0.25) is 9.69 Å². The first kappa shape index (κ1) is 16.4. The molecule has 0 aromatic heterocycles. The summed E-state index contributed by atoms with van der Waals surface area (Å²) >= 11 is 0. The normalized spacial score (nSPS) is 19.4. The number of aliphatic hydroxyl groups is 1. The third-order valence-corrected chi connectivity index (χ3v) is 3.68. The lowest BCUT2D eigenvalue weighted by atomic mass is 10.0. The van der Waals surface area contributed by atoms with E-state index in [4.69, 9.17) is 0 Å². The zero-order valence-corrected chi connectivity index (χ0v) is 12.6. The maximum Gasteiger partial charge on any atom is 0.236 e. The highest BCUT2D eigenvalue weighted by Gasteiger charge is 2.20. The van der Waals surface area contributed by atoms with Crippen molar-refractivity contribution in [3.05, 3.63) is 0 Å². The van der Waals surface area contributed by atoms with Crippen LogP contribution < -0.4 is 5.32 Å². The first-order valence-electron chi connectivity index (χ1n) is 7.33. The molecular weight excluding hydrogens is 242 g/mol. The van der Waals surface area contributed by atoms with Crippen molar-refractivity contribution in [1.29, 1.82) is 0 Å². The van der Waals surface area contributed by atoms with Crippen molar-refractivity contribution in [3.8, 4) is 0 Å². The van der Waals surface area contributed by atoms with Gasteiger partial charge in [0, 0.05) is 33.2 Å². The van der Waals surface area contributed by atoms with Crippen LogP contribution in [0.15, 0.2) is 0 Å². The molecule has 1 aliphatic rings. The van der Waals surface area contributed by atoms with E-state index in [1.165, 1.54) is 0 Å². The van der Waals surface area contributed by atoms with Crippen molar-refractivity contribution in [2.45, 2.75) is 44.8 Å². The van der Waals surface area contributed by atoms with Gasteiger partial charge >= 0.3 is 0 Å². The van der Waals surface area contributed by atoms with E-state index in [2.05, 4.69) is 10.2 Å². The van der Waals surface area contributed by atoms with E-state index in [1.54, 1.807) is 19.0 Å². The lowest BCUT2D eigenvalue weighted by molar-refractivity contribution is -0.130. The molecule has 0 spiro atoms. The Labute approximate surface area is 117 Å². The molecule has 0 aromatic rings. The van der Waals surface area contributed by atoms with Gasteiger partial charge in [-0.05, 0) is 39.2 Å². The minimum Gasteiger partial charge on any atom is -0.393 e. The molecule has 1 saturated heterocycles. The number of likely N-dealkylation sites (N-methyl/N-ethyl adjacent to an activating group) is 1. The van der Waals surface area contributed by atoms with Gasteiger partial charge in [-0.15, -0.1) is 0 Å². The molecule has 1 atom stereocenters. The number of aliphatic hydroxyl groups excluding tert-OH is 1. The molecule has 1 amide bonds. The van der Waals surface area contributed by atoms with Crippen LogP contribution in [0, 0.1) is 0 Å². The summed E-state index contributed by atoms with van der Waals surface area (Å²) in [6.45, 7) is 5.34. The Morgan fingerprint density at radius 3 is 2.58 bits per heavy atom. The molecule has 0 aliphatic carbocycles. The predicted octanol–water partition coefficient (Wildman–Crippen LogP) is 0.290. The van der Waals surface area contributed by atoms with Crippen LogP contribution in [0.25, 0.3) is 0 Å². The zero-order chi connectivity index (χ0) is 14.3. The molecule has 1 unspecified atom stereocenters. The zero-order valence-electron chi connectivity index (χ0n) is 12.6. The van der Waals surface area contributed by atoms with Crippen molar-refractivity contribution in [3.63, 3.8) is 0 Å². The Morgan fingerprint density at radius 1 is 1.42 bits per heavy atom. The van der Waals surface area contributed by atoms with Crippen molar-refractivity contribution in [2.24, 2.45) is 0 Å². The quantitative estimate of drug-likeness (QED) is 0.654. The lowest BCUT2D eigenvalue weighted by Gasteiger charge is -2.32. The van der Waals surface area contributed by atoms with Crippen molar-refractivity contribution < 1.29 is 9.90 Å². The summed E-state index contributed by atoms with van der Waals surface area (Å²) in [4.78, 5) is 15.5. The van der Waals surface area contributed by atoms with Crippen LogP contribution in [0.2, 0.25) is 0 Å².